The Morgan fingerprint density at radius 1 is 1.04 bits per heavy atom. The van der Waals surface area contributed by atoms with Crippen LogP contribution in [0.1, 0.15) is 23.0 Å². The van der Waals surface area contributed by atoms with Gasteiger partial charge in [0.2, 0.25) is 0 Å². The molecule has 136 valence electrons. The van der Waals surface area contributed by atoms with Gasteiger partial charge in [-0.3, -0.25) is 14.2 Å². The third-order valence-corrected chi connectivity index (χ3v) is 4.03. The number of aryl methyl sites for hydroxylation is 1. The summed E-state index contributed by atoms with van der Waals surface area (Å²) < 4.78 is 1.75. The molecular weight excluding hydrogens is 352 g/mol. The van der Waals surface area contributed by atoms with Gasteiger partial charge in [0.05, 0.1) is 5.52 Å². The summed E-state index contributed by atoms with van der Waals surface area (Å²) in [5.41, 5.74) is 3.58. The molecule has 1 N–H and O–H groups in total. The molecular formula is C20H21ClN2O3. The quantitative estimate of drug-likeness (QED) is 0.722. The monoisotopic (exact) mass is 372 g/mol. The van der Waals surface area contributed by atoms with E-state index in [1.165, 1.54) is 0 Å². The molecule has 0 fully saturated rings. The van der Waals surface area contributed by atoms with Crippen molar-refractivity contribution in [1.82, 2.24) is 4.57 Å². The Morgan fingerprint density at radius 2 is 1.62 bits per heavy atom. The largest absolute Gasteiger partial charge is 0.481 e. The highest BCUT2D eigenvalue weighted by Crippen LogP contribution is 2.25. The van der Waals surface area contributed by atoms with Crippen molar-refractivity contribution in [3.63, 3.8) is 0 Å². The molecule has 0 spiro atoms. The van der Waals surface area contributed by atoms with E-state index < -0.39 is 5.97 Å². The predicted octanol–water partition coefficient (Wildman–Crippen LogP) is 4.45. The molecule has 0 aliphatic rings. The number of fused-ring (bicyclic) bond motifs is 1. The summed E-state index contributed by atoms with van der Waals surface area (Å²) in [5.74, 6) is -0.873. The van der Waals surface area contributed by atoms with Crippen LogP contribution in [-0.4, -0.2) is 35.6 Å². The maximum Gasteiger partial charge on any atom is 0.300 e. The Bertz CT molecular complexity index is 940. The molecule has 3 aromatic rings. The van der Waals surface area contributed by atoms with Crippen LogP contribution < -0.4 is 4.90 Å². The van der Waals surface area contributed by atoms with Gasteiger partial charge in [0.15, 0.2) is 0 Å². The summed E-state index contributed by atoms with van der Waals surface area (Å²) in [6, 6.07) is 15.1. The van der Waals surface area contributed by atoms with Crippen LogP contribution in [0.5, 0.6) is 0 Å². The van der Waals surface area contributed by atoms with Gasteiger partial charge in [-0.15, -0.1) is 0 Å². The number of rotatable bonds is 2. The van der Waals surface area contributed by atoms with Crippen LogP contribution in [-0.2, 0) is 4.79 Å². The van der Waals surface area contributed by atoms with Crippen LogP contribution in [0.15, 0.2) is 48.5 Å². The van der Waals surface area contributed by atoms with E-state index in [4.69, 9.17) is 21.5 Å². The molecule has 6 heteroatoms. The molecule has 0 radical (unpaired) electrons. The number of hydrogen-bond donors (Lipinski definition) is 1. The lowest BCUT2D eigenvalue weighted by molar-refractivity contribution is -0.134. The lowest BCUT2D eigenvalue weighted by Crippen LogP contribution is -2.13. The fourth-order valence-corrected chi connectivity index (χ4v) is 2.74. The molecule has 1 heterocycles. The second-order valence-electron chi connectivity index (χ2n) is 6.09. The van der Waals surface area contributed by atoms with Crippen molar-refractivity contribution in [2.45, 2.75) is 13.8 Å². The van der Waals surface area contributed by atoms with Gasteiger partial charge >= 0.3 is 0 Å². The van der Waals surface area contributed by atoms with Crippen molar-refractivity contribution in [1.29, 1.82) is 0 Å². The molecule has 0 atom stereocenters. The number of hydrogen-bond acceptors (Lipinski definition) is 3. The topological polar surface area (TPSA) is 62.5 Å². The van der Waals surface area contributed by atoms with Crippen LogP contribution >= 0.6 is 11.6 Å². The standard InChI is InChI=1S/C18H17ClN2O.C2H4O2/c1-12-10-14-11-16(20(2)3)8-9-17(14)21(12)18(22)13-4-6-15(19)7-5-13;1-2(3)4/h4-11H,1-3H3;1H3,(H,3,4). The van der Waals surface area contributed by atoms with E-state index in [1.807, 2.05) is 44.1 Å². The molecule has 0 aliphatic heterocycles. The molecule has 5 nitrogen and oxygen atoms in total. The van der Waals surface area contributed by atoms with Crippen molar-refractivity contribution in [2.24, 2.45) is 0 Å². The van der Waals surface area contributed by atoms with Crippen LogP contribution in [0.2, 0.25) is 5.02 Å². The Kier molecular flexibility index (Phi) is 6.05. The van der Waals surface area contributed by atoms with Crippen molar-refractivity contribution < 1.29 is 14.7 Å². The Morgan fingerprint density at radius 3 is 2.15 bits per heavy atom. The predicted molar refractivity (Wildman–Crippen MR) is 105 cm³/mol. The van der Waals surface area contributed by atoms with E-state index in [2.05, 4.69) is 6.07 Å². The summed E-state index contributed by atoms with van der Waals surface area (Å²) in [4.78, 5) is 23.8. The van der Waals surface area contributed by atoms with E-state index in [0.29, 0.717) is 10.6 Å². The minimum Gasteiger partial charge on any atom is -0.481 e. The average molecular weight is 373 g/mol. The first-order valence-electron chi connectivity index (χ1n) is 8.00. The maximum absolute atomic E-state index is 12.8. The highest BCUT2D eigenvalue weighted by molar-refractivity contribution is 6.30. The molecule has 3 rings (SSSR count). The second kappa shape index (κ2) is 8.06. The van der Waals surface area contributed by atoms with Gasteiger partial charge in [-0.1, -0.05) is 11.6 Å². The number of carboxylic acid groups (broad SMARTS) is 1. The minimum atomic E-state index is -0.833. The first-order chi connectivity index (χ1) is 12.2. The van der Waals surface area contributed by atoms with Crippen molar-refractivity contribution in [3.8, 4) is 0 Å². The van der Waals surface area contributed by atoms with Gasteiger partial charge in [0.1, 0.15) is 0 Å². The highest BCUT2D eigenvalue weighted by atomic mass is 35.5. The van der Waals surface area contributed by atoms with E-state index in [1.54, 1.807) is 28.8 Å². The number of benzene rings is 2. The number of aromatic nitrogens is 1. The van der Waals surface area contributed by atoms with E-state index in [0.717, 1.165) is 29.2 Å². The first-order valence-corrected chi connectivity index (χ1v) is 8.37. The number of anilines is 1. The number of aliphatic carboxylic acids is 1. The van der Waals surface area contributed by atoms with Gasteiger partial charge in [-0.05, 0) is 55.5 Å². The van der Waals surface area contributed by atoms with Crippen molar-refractivity contribution in [2.75, 3.05) is 19.0 Å². The summed E-state index contributed by atoms with van der Waals surface area (Å²) >= 11 is 5.89. The van der Waals surface area contributed by atoms with Crippen molar-refractivity contribution >= 4 is 40.1 Å². The summed E-state index contributed by atoms with van der Waals surface area (Å²) in [6.45, 7) is 3.03. The first kappa shape index (κ1) is 19.5. The van der Waals surface area contributed by atoms with Gasteiger partial charge in [0, 0.05) is 48.4 Å². The number of carboxylic acids is 1. The third-order valence-electron chi connectivity index (χ3n) is 3.78. The normalized spacial score (nSPS) is 10.2. The van der Waals surface area contributed by atoms with Gasteiger partial charge in [-0.25, -0.2) is 0 Å². The Balaban J connectivity index is 0.000000552. The molecule has 0 saturated carbocycles. The fraction of sp³-hybridized carbons (Fsp3) is 0.200. The molecule has 2 aromatic carbocycles. The summed E-state index contributed by atoms with van der Waals surface area (Å²) in [5, 5.41) is 9.10. The van der Waals surface area contributed by atoms with Crippen LogP contribution in [0.4, 0.5) is 5.69 Å². The number of halogens is 1. The van der Waals surface area contributed by atoms with Crippen LogP contribution in [0.3, 0.4) is 0 Å². The third kappa shape index (κ3) is 4.43. The SMILES string of the molecule is CC(=O)O.Cc1cc2cc(N(C)C)ccc2n1C(=O)c1ccc(Cl)cc1. The summed E-state index contributed by atoms with van der Waals surface area (Å²) in [6.07, 6.45) is 0. The van der Waals surface area contributed by atoms with E-state index in [-0.39, 0.29) is 5.91 Å². The van der Waals surface area contributed by atoms with Crippen LogP contribution in [0.25, 0.3) is 10.9 Å². The zero-order chi connectivity index (χ0) is 19.4. The minimum absolute atomic E-state index is 0.0400. The van der Waals surface area contributed by atoms with Crippen LogP contribution in [0, 0.1) is 6.92 Å². The second-order valence-corrected chi connectivity index (χ2v) is 6.53. The van der Waals surface area contributed by atoms with Gasteiger partial charge < -0.3 is 10.0 Å². The number of nitrogens with zero attached hydrogens (tertiary/aromatic N) is 2. The van der Waals surface area contributed by atoms with Crippen molar-refractivity contribution in [3.05, 3.63) is 64.8 Å². The molecule has 1 aromatic heterocycles. The zero-order valence-corrected chi connectivity index (χ0v) is 15.9. The Hall–Kier alpha value is -2.79. The maximum atomic E-state index is 12.8. The number of carbonyl (C=O) groups excluding carboxylic acids is 1. The lowest BCUT2D eigenvalue weighted by Gasteiger charge is -2.12. The molecule has 0 saturated heterocycles. The van der Waals surface area contributed by atoms with E-state index in [9.17, 15) is 4.79 Å². The lowest BCUT2D eigenvalue weighted by atomic mass is 10.2. The number of carbonyl (C=O) groups is 2. The highest BCUT2D eigenvalue weighted by Gasteiger charge is 2.15. The molecule has 0 bridgehead atoms. The van der Waals surface area contributed by atoms with E-state index >= 15 is 0 Å². The Labute approximate surface area is 157 Å². The van der Waals surface area contributed by atoms with Gasteiger partial charge in [-0.2, -0.15) is 0 Å². The summed E-state index contributed by atoms with van der Waals surface area (Å²) in [7, 11) is 4.01. The average Bonchev–Trinajstić information content (AvgIpc) is 2.89. The molecule has 0 unspecified atom stereocenters. The van der Waals surface area contributed by atoms with Gasteiger partial charge in [0.25, 0.3) is 11.9 Å². The molecule has 0 amide bonds. The molecule has 0 aliphatic carbocycles. The fourth-order valence-electron chi connectivity index (χ4n) is 2.61. The smallest absolute Gasteiger partial charge is 0.300 e. The zero-order valence-electron chi connectivity index (χ0n) is 15.2. The molecule has 26 heavy (non-hydrogen) atoms.